The number of para-hydroxylation sites is 2. The van der Waals surface area contributed by atoms with Crippen LogP contribution in [0.4, 0.5) is 0 Å². The topological polar surface area (TPSA) is 66.2 Å². The van der Waals surface area contributed by atoms with Crippen LogP contribution >= 0.6 is 23.1 Å². The second kappa shape index (κ2) is 9.11. The molecule has 0 aliphatic carbocycles. The van der Waals surface area contributed by atoms with Crippen molar-refractivity contribution >= 4 is 34.0 Å². The largest absolute Gasteiger partial charge is 0.493 e. The quantitative estimate of drug-likeness (QED) is 0.275. The molecule has 0 aliphatic heterocycles. The van der Waals surface area contributed by atoms with Crippen LogP contribution in [0.15, 0.2) is 57.8 Å². The molecule has 2 heterocycles. The zero-order chi connectivity index (χ0) is 22.0. The number of rotatable bonds is 7. The van der Waals surface area contributed by atoms with Gasteiger partial charge in [0.05, 0.1) is 36.4 Å². The third-order valence-corrected chi connectivity index (χ3v) is 6.74. The Morgan fingerprint density at radius 3 is 2.61 bits per heavy atom. The molecule has 0 N–H and O–H groups in total. The van der Waals surface area contributed by atoms with Gasteiger partial charge >= 0.3 is 0 Å². The van der Waals surface area contributed by atoms with Crippen molar-refractivity contribution in [3.63, 3.8) is 0 Å². The maximum Gasteiger partial charge on any atom is 0.262 e. The van der Waals surface area contributed by atoms with Gasteiger partial charge in [0, 0.05) is 17.2 Å². The summed E-state index contributed by atoms with van der Waals surface area (Å²) in [6, 6.07) is 13.2. The van der Waals surface area contributed by atoms with Gasteiger partial charge in [-0.15, -0.1) is 11.3 Å². The van der Waals surface area contributed by atoms with Gasteiger partial charge in [-0.1, -0.05) is 30.0 Å². The van der Waals surface area contributed by atoms with Crippen LogP contribution in [-0.4, -0.2) is 28.8 Å². The number of nitrogens with zero attached hydrogens (tertiary/aromatic N) is 3. The van der Waals surface area contributed by atoms with Crippen LogP contribution in [0, 0.1) is 0 Å². The van der Waals surface area contributed by atoms with Gasteiger partial charge in [0.25, 0.3) is 5.56 Å². The molecule has 0 radical (unpaired) electrons. The summed E-state index contributed by atoms with van der Waals surface area (Å²) in [5.74, 6) is 1.95. The number of benzene rings is 2. The Labute approximate surface area is 188 Å². The third kappa shape index (κ3) is 4.18. The Bertz CT molecular complexity index is 1280. The average Bonchev–Trinajstić information content (AvgIpc) is 3.25. The van der Waals surface area contributed by atoms with E-state index in [2.05, 4.69) is 0 Å². The van der Waals surface area contributed by atoms with Crippen molar-refractivity contribution in [1.29, 1.82) is 0 Å². The van der Waals surface area contributed by atoms with Crippen LogP contribution in [0.3, 0.4) is 0 Å². The first kappa shape index (κ1) is 21.4. The highest BCUT2D eigenvalue weighted by molar-refractivity contribution is 7.98. The summed E-state index contributed by atoms with van der Waals surface area (Å²) in [5, 5.41) is 4.23. The molecule has 2 aromatic carbocycles. The summed E-state index contributed by atoms with van der Waals surface area (Å²) in [6.45, 7) is 4.00. The Morgan fingerprint density at radius 1 is 1.06 bits per heavy atom. The minimum Gasteiger partial charge on any atom is -0.493 e. The Hall–Kier alpha value is -2.84. The van der Waals surface area contributed by atoms with Crippen LogP contribution in [0.1, 0.15) is 25.6 Å². The van der Waals surface area contributed by atoms with Crippen LogP contribution in [0.2, 0.25) is 0 Å². The minimum atomic E-state index is -0.0109. The second-order valence-corrected chi connectivity index (χ2v) is 8.95. The van der Waals surface area contributed by atoms with E-state index >= 15 is 0 Å². The molecular formula is C23H23N3O3S2. The number of hydrogen-bond acceptors (Lipinski definition) is 7. The van der Waals surface area contributed by atoms with Crippen LogP contribution in [0.5, 0.6) is 11.5 Å². The van der Waals surface area contributed by atoms with Crippen LogP contribution in [-0.2, 0) is 5.75 Å². The molecule has 0 amide bonds. The Morgan fingerprint density at radius 2 is 1.87 bits per heavy atom. The van der Waals surface area contributed by atoms with Crippen molar-refractivity contribution in [3.8, 4) is 22.1 Å². The highest BCUT2D eigenvalue weighted by Crippen LogP contribution is 2.39. The normalized spacial score (nSPS) is 11.3. The molecule has 0 saturated heterocycles. The van der Waals surface area contributed by atoms with E-state index in [-0.39, 0.29) is 11.6 Å². The SMILES string of the molecule is COc1cccc(-c2nc(CSc3nc4ccccc4c(=O)n3C(C)C)cs2)c1OC. The number of aromatic nitrogens is 3. The molecule has 6 nitrogen and oxygen atoms in total. The van der Waals surface area contributed by atoms with Crippen molar-refractivity contribution in [1.82, 2.24) is 14.5 Å². The van der Waals surface area contributed by atoms with Gasteiger partial charge in [-0.05, 0) is 38.1 Å². The lowest BCUT2D eigenvalue weighted by Gasteiger charge is -2.15. The molecule has 31 heavy (non-hydrogen) atoms. The lowest BCUT2D eigenvalue weighted by atomic mass is 10.2. The van der Waals surface area contributed by atoms with Gasteiger partial charge in [-0.2, -0.15) is 0 Å². The number of ether oxygens (including phenoxy) is 2. The molecule has 0 unspecified atom stereocenters. The molecule has 160 valence electrons. The maximum atomic E-state index is 13.0. The third-order valence-electron chi connectivity index (χ3n) is 4.83. The van der Waals surface area contributed by atoms with Gasteiger partial charge < -0.3 is 9.47 Å². The number of thiazole rings is 1. The number of thioether (sulfide) groups is 1. The van der Waals surface area contributed by atoms with E-state index in [1.165, 1.54) is 11.8 Å². The molecule has 0 fully saturated rings. The van der Waals surface area contributed by atoms with Crippen LogP contribution < -0.4 is 15.0 Å². The molecule has 0 bridgehead atoms. The molecule has 4 rings (SSSR count). The number of methoxy groups -OCH3 is 2. The maximum absolute atomic E-state index is 13.0. The van der Waals surface area contributed by atoms with Crippen LogP contribution in [0.25, 0.3) is 21.5 Å². The summed E-state index contributed by atoms with van der Waals surface area (Å²) >= 11 is 3.08. The van der Waals surface area contributed by atoms with E-state index in [0.29, 0.717) is 33.3 Å². The smallest absolute Gasteiger partial charge is 0.262 e. The van der Waals surface area contributed by atoms with Crippen molar-refractivity contribution in [2.75, 3.05) is 14.2 Å². The van der Waals surface area contributed by atoms with Gasteiger partial charge in [0.15, 0.2) is 16.7 Å². The molecule has 0 saturated carbocycles. The first-order chi connectivity index (χ1) is 15.0. The summed E-state index contributed by atoms with van der Waals surface area (Å²) in [6.07, 6.45) is 0. The Kier molecular flexibility index (Phi) is 6.29. The molecule has 0 spiro atoms. The van der Waals surface area contributed by atoms with E-state index in [1.807, 2.05) is 61.7 Å². The number of hydrogen-bond donors (Lipinski definition) is 0. The number of fused-ring (bicyclic) bond motifs is 1. The molecule has 0 atom stereocenters. The van der Waals surface area contributed by atoms with Gasteiger partial charge in [0.2, 0.25) is 0 Å². The fourth-order valence-corrected chi connectivity index (χ4v) is 5.34. The zero-order valence-electron chi connectivity index (χ0n) is 17.8. The Balaban J connectivity index is 1.64. The first-order valence-electron chi connectivity index (χ1n) is 9.83. The molecule has 8 heteroatoms. The van der Waals surface area contributed by atoms with Gasteiger partial charge in [-0.25, -0.2) is 9.97 Å². The standard InChI is InChI=1S/C23H23N3O3S2/c1-14(2)26-22(27)16-8-5-6-10-18(16)25-23(26)31-13-15-12-30-21(24-15)17-9-7-11-19(28-3)20(17)29-4/h5-12,14H,13H2,1-4H3. The fraction of sp³-hybridized carbons (Fsp3) is 0.261. The van der Waals surface area contributed by atoms with Gasteiger partial charge in [0.1, 0.15) is 5.01 Å². The van der Waals surface area contributed by atoms with E-state index in [0.717, 1.165) is 16.3 Å². The summed E-state index contributed by atoms with van der Waals surface area (Å²) in [7, 11) is 3.25. The van der Waals surface area contributed by atoms with E-state index in [4.69, 9.17) is 19.4 Å². The van der Waals surface area contributed by atoms with Gasteiger partial charge in [-0.3, -0.25) is 9.36 Å². The lowest BCUT2D eigenvalue weighted by molar-refractivity contribution is 0.356. The average molecular weight is 454 g/mol. The molecular weight excluding hydrogens is 430 g/mol. The molecule has 0 aliphatic rings. The summed E-state index contributed by atoms with van der Waals surface area (Å²) in [5.41, 5.74) is 2.52. The predicted molar refractivity (Wildman–Crippen MR) is 127 cm³/mol. The van der Waals surface area contributed by atoms with Crippen molar-refractivity contribution in [3.05, 3.63) is 63.9 Å². The van der Waals surface area contributed by atoms with E-state index in [1.54, 1.807) is 30.1 Å². The molecule has 2 aromatic heterocycles. The minimum absolute atomic E-state index is 0.0109. The summed E-state index contributed by atoms with van der Waals surface area (Å²) in [4.78, 5) is 22.5. The summed E-state index contributed by atoms with van der Waals surface area (Å²) < 4.78 is 12.7. The van der Waals surface area contributed by atoms with Crippen molar-refractivity contribution < 1.29 is 9.47 Å². The van der Waals surface area contributed by atoms with Crippen molar-refractivity contribution in [2.24, 2.45) is 0 Å². The monoisotopic (exact) mass is 453 g/mol. The predicted octanol–water partition coefficient (Wildman–Crippen LogP) is 5.41. The molecule has 4 aromatic rings. The zero-order valence-corrected chi connectivity index (χ0v) is 19.4. The second-order valence-electron chi connectivity index (χ2n) is 7.15. The fourth-order valence-electron chi connectivity index (χ4n) is 3.37. The lowest BCUT2D eigenvalue weighted by Crippen LogP contribution is -2.25. The highest BCUT2D eigenvalue weighted by Gasteiger charge is 2.17. The first-order valence-corrected chi connectivity index (χ1v) is 11.7. The highest BCUT2D eigenvalue weighted by atomic mass is 32.2. The van der Waals surface area contributed by atoms with Crippen molar-refractivity contribution in [2.45, 2.75) is 30.8 Å². The van der Waals surface area contributed by atoms with E-state index in [9.17, 15) is 4.79 Å². The van der Waals surface area contributed by atoms with E-state index < -0.39 is 0 Å².